The number of halogens is 1. The van der Waals surface area contributed by atoms with E-state index in [4.69, 9.17) is 4.74 Å². The van der Waals surface area contributed by atoms with E-state index >= 15 is 0 Å². The molecule has 0 saturated carbocycles. The Morgan fingerprint density at radius 3 is 3.00 bits per heavy atom. The second kappa shape index (κ2) is 9.17. The summed E-state index contributed by atoms with van der Waals surface area (Å²) < 4.78 is 19.2. The van der Waals surface area contributed by atoms with Crippen LogP contribution in [-0.4, -0.2) is 61.6 Å². The van der Waals surface area contributed by atoms with Gasteiger partial charge in [-0.05, 0) is 25.0 Å². The molecule has 1 unspecified atom stereocenters. The number of hydrogen-bond donors (Lipinski definition) is 2. The van der Waals surface area contributed by atoms with E-state index in [-0.39, 0.29) is 30.8 Å². The zero-order valence-electron chi connectivity index (χ0n) is 14.1. The minimum absolute atomic E-state index is 0.0781. The fourth-order valence-electron chi connectivity index (χ4n) is 2.20. The quantitative estimate of drug-likeness (QED) is 0.585. The van der Waals surface area contributed by atoms with E-state index in [2.05, 4.69) is 20.6 Å². The molecule has 2 N–H and O–H groups in total. The molecule has 24 heavy (non-hydrogen) atoms. The Balaban J connectivity index is 1.95. The highest BCUT2D eigenvalue weighted by atomic mass is 19.1. The SMILES string of the molecule is CN(C)C(=O)CNC(=NCc1ncccc1F)NCC1CCCO1. The van der Waals surface area contributed by atoms with Crippen molar-refractivity contribution < 1.29 is 13.9 Å². The van der Waals surface area contributed by atoms with Gasteiger partial charge in [0.1, 0.15) is 5.82 Å². The summed E-state index contributed by atoms with van der Waals surface area (Å²) in [6.45, 7) is 1.55. The van der Waals surface area contributed by atoms with Gasteiger partial charge >= 0.3 is 0 Å². The molecule has 1 amide bonds. The second-order valence-corrected chi connectivity index (χ2v) is 5.75. The Labute approximate surface area is 141 Å². The van der Waals surface area contributed by atoms with Crippen LogP contribution in [0.2, 0.25) is 0 Å². The fourth-order valence-corrected chi connectivity index (χ4v) is 2.20. The molecule has 1 aromatic heterocycles. The lowest BCUT2D eigenvalue weighted by Crippen LogP contribution is -2.45. The molecular formula is C16H24FN5O2. The molecule has 1 atom stereocenters. The van der Waals surface area contributed by atoms with Crippen LogP contribution in [0.15, 0.2) is 23.3 Å². The third-order valence-corrected chi connectivity index (χ3v) is 3.65. The molecule has 0 bridgehead atoms. The van der Waals surface area contributed by atoms with Crippen LogP contribution in [0, 0.1) is 5.82 Å². The number of rotatable bonds is 6. The zero-order valence-corrected chi connectivity index (χ0v) is 14.1. The summed E-state index contributed by atoms with van der Waals surface area (Å²) in [5.74, 6) is -0.0412. The van der Waals surface area contributed by atoms with Crippen molar-refractivity contribution >= 4 is 11.9 Å². The van der Waals surface area contributed by atoms with Crippen LogP contribution in [-0.2, 0) is 16.1 Å². The van der Waals surface area contributed by atoms with Crippen molar-refractivity contribution in [2.75, 3.05) is 33.8 Å². The van der Waals surface area contributed by atoms with Crippen molar-refractivity contribution in [3.8, 4) is 0 Å². The molecular weight excluding hydrogens is 313 g/mol. The maximum atomic E-state index is 13.6. The summed E-state index contributed by atoms with van der Waals surface area (Å²) in [5.41, 5.74) is 0.259. The number of nitrogens with one attached hydrogen (secondary N) is 2. The number of hydrogen-bond acceptors (Lipinski definition) is 4. The first kappa shape index (κ1) is 18.1. The number of carbonyl (C=O) groups is 1. The minimum atomic E-state index is -0.399. The number of ether oxygens (including phenoxy) is 1. The molecule has 1 fully saturated rings. The molecule has 2 rings (SSSR count). The molecule has 1 aromatic rings. The zero-order chi connectivity index (χ0) is 17.4. The largest absolute Gasteiger partial charge is 0.376 e. The normalized spacial score (nSPS) is 17.6. The standard InChI is InChI=1S/C16H24FN5O2/c1-22(2)15(23)11-21-16(19-9-12-5-4-8-24-12)20-10-14-13(17)6-3-7-18-14/h3,6-7,12H,4-5,8-11H2,1-2H3,(H2,19,20,21). The van der Waals surface area contributed by atoms with Gasteiger partial charge in [-0.1, -0.05) is 0 Å². The molecule has 0 aromatic carbocycles. The molecule has 7 nitrogen and oxygen atoms in total. The predicted molar refractivity (Wildman–Crippen MR) is 89.0 cm³/mol. The van der Waals surface area contributed by atoms with Crippen LogP contribution in [0.4, 0.5) is 4.39 Å². The van der Waals surface area contributed by atoms with Gasteiger partial charge in [-0.15, -0.1) is 0 Å². The number of likely N-dealkylation sites (N-methyl/N-ethyl adjacent to an activating group) is 1. The molecule has 1 aliphatic rings. The molecule has 0 aliphatic carbocycles. The molecule has 0 spiro atoms. The van der Waals surface area contributed by atoms with E-state index < -0.39 is 5.82 Å². The van der Waals surface area contributed by atoms with Gasteiger partial charge in [0.05, 0.1) is 24.9 Å². The average molecular weight is 337 g/mol. The van der Waals surface area contributed by atoms with Crippen molar-refractivity contribution in [3.05, 3.63) is 29.8 Å². The van der Waals surface area contributed by atoms with Crippen LogP contribution in [0.1, 0.15) is 18.5 Å². The first-order valence-corrected chi connectivity index (χ1v) is 7.99. The van der Waals surface area contributed by atoms with Crippen molar-refractivity contribution in [1.82, 2.24) is 20.5 Å². The summed E-state index contributed by atoms with van der Waals surface area (Å²) in [4.78, 5) is 21.5. The van der Waals surface area contributed by atoms with Crippen LogP contribution in [0.3, 0.4) is 0 Å². The highest BCUT2D eigenvalue weighted by Crippen LogP contribution is 2.10. The molecule has 8 heteroatoms. The lowest BCUT2D eigenvalue weighted by molar-refractivity contribution is -0.127. The number of nitrogens with zero attached hydrogens (tertiary/aromatic N) is 3. The van der Waals surface area contributed by atoms with E-state index in [1.165, 1.54) is 23.2 Å². The first-order valence-electron chi connectivity index (χ1n) is 7.99. The van der Waals surface area contributed by atoms with E-state index in [9.17, 15) is 9.18 Å². The van der Waals surface area contributed by atoms with Crippen molar-refractivity contribution in [2.24, 2.45) is 4.99 Å². The molecule has 1 saturated heterocycles. The number of aliphatic imine (C=N–C) groups is 1. The topological polar surface area (TPSA) is 78.9 Å². The van der Waals surface area contributed by atoms with Crippen LogP contribution < -0.4 is 10.6 Å². The number of carbonyl (C=O) groups excluding carboxylic acids is 1. The lowest BCUT2D eigenvalue weighted by Gasteiger charge is -2.17. The third-order valence-electron chi connectivity index (χ3n) is 3.65. The summed E-state index contributed by atoms with van der Waals surface area (Å²) in [5, 5.41) is 6.10. The van der Waals surface area contributed by atoms with E-state index in [1.807, 2.05) is 0 Å². The maximum absolute atomic E-state index is 13.6. The van der Waals surface area contributed by atoms with Crippen molar-refractivity contribution in [1.29, 1.82) is 0 Å². The molecule has 132 valence electrons. The number of pyridine rings is 1. The Bertz CT molecular complexity index is 573. The molecule has 1 aliphatic heterocycles. The Morgan fingerprint density at radius 1 is 1.50 bits per heavy atom. The summed E-state index contributed by atoms with van der Waals surface area (Å²) in [6.07, 6.45) is 3.69. The van der Waals surface area contributed by atoms with Gasteiger partial charge in [0, 0.05) is 33.4 Å². The highest BCUT2D eigenvalue weighted by molar-refractivity contribution is 5.86. The highest BCUT2D eigenvalue weighted by Gasteiger charge is 2.16. The first-order chi connectivity index (χ1) is 11.6. The van der Waals surface area contributed by atoms with Crippen LogP contribution in [0.25, 0.3) is 0 Å². The minimum Gasteiger partial charge on any atom is -0.376 e. The van der Waals surface area contributed by atoms with Crippen molar-refractivity contribution in [3.63, 3.8) is 0 Å². The Morgan fingerprint density at radius 2 is 2.33 bits per heavy atom. The van der Waals surface area contributed by atoms with E-state index in [0.717, 1.165) is 19.4 Å². The summed E-state index contributed by atoms with van der Waals surface area (Å²) in [7, 11) is 3.37. The molecule has 0 radical (unpaired) electrons. The summed E-state index contributed by atoms with van der Waals surface area (Å²) >= 11 is 0. The van der Waals surface area contributed by atoms with Gasteiger partial charge in [0.15, 0.2) is 5.96 Å². The monoisotopic (exact) mass is 337 g/mol. The predicted octanol–water partition coefficient (Wildman–Crippen LogP) is 0.523. The Hall–Kier alpha value is -2.22. The van der Waals surface area contributed by atoms with Gasteiger partial charge in [0.25, 0.3) is 0 Å². The summed E-state index contributed by atoms with van der Waals surface area (Å²) in [6, 6.07) is 2.88. The number of guanidine groups is 1. The maximum Gasteiger partial charge on any atom is 0.241 e. The van der Waals surface area contributed by atoms with Gasteiger partial charge in [-0.25, -0.2) is 9.38 Å². The van der Waals surface area contributed by atoms with Gasteiger partial charge in [-0.2, -0.15) is 0 Å². The smallest absolute Gasteiger partial charge is 0.241 e. The Kier molecular flexibility index (Phi) is 6.92. The van der Waals surface area contributed by atoms with Gasteiger partial charge < -0.3 is 20.3 Å². The van der Waals surface area contributed by atoms with E-state index in [1.54, 1.807) is 14.1 Å². The van der Waals surface area contributed by atoms with Crippen molar-refractivity contribution in [2.45, 2.75) is 25.5 Å². The number of amides is 1. The molecule has 2 heterocycles. The van der Waals surface area contributed by atoms with Gasteiger partial charge in [0.2, 0.25) is 5.91 Å². The average Bonchev–Trinajstić information content (AvgIpc) is 3.08. The van der Waals surface area contributed by atoms with Crippen LogP contribution in [0.5, 0.6) is 0 Å². The van der Waals surface area contributed by atoms with Gasteiger partial charge in [-0.3, -0.25) is 9.78 Å². The van der Waals surface area contributed by atoms with Crippen LogP contribution >= 0.6 is 0 Å². The fraction of sp³-hybridized carbons (Fsp3) is 0.562. The van der Waals surface area contributed by atoms with E-state index in [0.29, 0.717) is 12.5 Å². The lowest BCUT2D eigenvalue weighted by atomic mass is 10.2. The number of aromatic nitrogens is 1. The third kappa shape index (κ3) is 5.77. The second-order valence-electron chi connectivity index (χ2n) is 5.75.